The van der Waals surface area contributed by atoms with Crippen LogP contribution in [0.2, 0.25) is 0 Å². The molecule has 0 spiro atoms. The quantitative estimate of drug-likeness (QED) is 0.719. The molecule has 0 unspecified atom stereocenters. The molecule has 1 atom stereocenters. The topological polar surface area (TPSA) is 85.6 Å². The van der Waals surface area contributed by atoms with Crippen molar-refractivity contribution in [3.8, 4) is 22.1 Å². The molecule has 7 nitrogen and oxygen atoms in total. The molecular formula is C18H17N3O4S. The van der Waals surface area contributed by atoms with Crippen LogP contribution in [-0.4, -0.2) is 40.1 Å². The monoisotopic (exact) mass is 371 g/mol. The molecule has 0 radical (unpaired) electrons. The maximum Gasteiger partial charge on any atom is 0.270 e. The number of carbonyl (C=O) groups excluding carboxylic acids is 1. The zero-order valence-electron chi connectivity index (χ0n) is 13.8. The lowest BCUT2D eigenvalue weighted by molar-refractivity contribution is -0.125. The predicted octanol–water partition coefficient (Wildman–Crippen LogP) is 2.38. The van der Waals surface area contributed by atoms with Gasteiger partial charge in [-0.05, 0) is 23.6 Å². The Morgan fingerprint density at radius 2 is 2.15 bits per heavy atom. The largest absolute Gasteiger partial charge is 0.485 e. The summed E-state index contributed by atoms with van der Waals surface area (Å²) in [4.78, 5) is 13.6. The number of aliphatic hydroxyl groups excluding tert-OH is 1. The smallest absolute Gasteiger partial charge is 0.270 e. The maximum atomic E-state index is 12.6. The second-order valence-corrected chi connectivity index (χ2v) is 6.64. The van der Waals surface area contributed by atoms with E-state index >= 15 is 0 Å². The van der Waals surface area contributed by atoms with E-state index in [0.717, 1.165) is 10.6 Å². The van der Waals surface area contributed by atoms with Gasteiger partial charge < -0.3 is 19.9 Å². The van der Waals surface area contributed by atoms with E-state index in [1.165, 1.54) is 0 Å². The van der Waals surface area contributed by atoms with Crippen molar-refractivity contribution in [2.45, 2.75) is 12.6 Å². The van der Waals surface area contributed by atoms with Crippen LogP contribution in [0, 0.1) is 0 Å². The summed E-state index contributed by atoms with van der Waals surface area (Å²) >= 11 is 1.56. The number of nitrogens with zero attached hydrogens (tertiary/aromatic N) is 2. The average Bonchev–Trinajstić information content (AvgIpc) is 3.32. The molecule has 0 aliphatic carbocycles. The molecule has 26 heavy (non-hydrogen) atoms. The average molecular weight is 371 g/mol. The van der Waals surface area contributed by atoms with Crippen LogP contribution < -0.4 is 14.8 Å². The molecular weight excluding hydrogens is 354 g/mol. The molecule has 4 rings (SSSR count). The zero-order chi connectivity index (χ0) is 17.9. The van der Waals surface area contributed by atoms with E-state index in [1.807, 2.05) is 29.6 Å². The Morgan fingerprint density at radius 3 is 2.92 bits per heavy atom. The van der Waals surface area contributed by atoms with Crippen LogP contribution in [0.3, 0.4) is 0 Å². The standard InChI is InChI=1S/C18H17N3O4S/c22-8-7-21-17(10-12(20-21)16-6-3-9-26-16)19-18(23)15-11-24-13-4-1-2-5-14(13)25-15/h1-6,9-10,15,22H,7-8,11H2,(H,19,23)/t15-/m1/s1. The Labute approximate surface area is 153 Å². The van der Waals surface area contributed by atoms with Gasteiger partial charge in [0.1, 0.15) is 18.1 Å². The number of fused-ring (bicyclic) bond motifs is 1. The summed E-state index contributed by atoms with van der Waals surface area (Å²) in [6.07, 6.45) is -0.757. The van der Waals surface area contributed by atoms with E-state index in [2.05, 4.69) is 10.4 Å². The van der Waals surface area contributed by atoms with Crippen LogP contribution in [0.4, 0.5) is 5.82 Å². The van der Waals surface area contributed by atoms with Crippen molar-refractivity contribution in [1.29, 1.82) is 0 Å². The zero-order valence-corrected chi connectivity index (χ0v) is 14.6. The number of ether oxygens (including phenoxy) is 2. The Balaban J connectivity index is 1.52. The highest BCUT2D eigenvalue weighted by Crippen LogP contribution is 2.31. The highest BCUT2D eigenvalue weighted by molar-refractivity contribution is 7.13. The fraction of sp³-hybridized carbons (Fsp3) is 0.222. The summed E-state index contributed by atoms with van der Waals surface area (Å²) in [5, 5.41) is 18.5. The first kappa shape index (κ1) is 16.6. The van der Waals surface area contributed by atoms with Gasteiger partial charge in [-0.15, -0.1) is 11.3 Å². The minimum absolute atomic E-state index is 0.0785. The van der Waals surface area contributed by atoms with Crippen molar-refractivity contribution < 1.29 is 19.4 Å². The van der Waals surface area contributed by atoms with Crippen LogP contribution in [0.5, 0.6) is 11.5 Å². The second kappa shape index (κ2) is 7.19. The Bertz CT molecular complexity index is 907. The van der Waals surface area contributed by atoms with Gasteiger partial charge in [-0.3, -0.25) is 4.79 Å². The van der Waals surface area contributed by atoms with Crippen molar-refractivity contribution in [3.05, 3.63) is 47.8 Å². The van der Waals surface area contributed by atoms with Crippen LogP contribution >= 0.6 is 11.3 Å². The molecule has 0 saturated carbocycles. The summed E-state index contributed by atoms with van der Waals surface area (Å²) in [6, 6.07) is 12.9. The van der Waals surface area contributed by atoms with E-state index in [-0.39, 0.29) is 25.7 Å². The van der Waals surface area contributed by atoms with Crippen LogP contribution in [-0.2, 0) is 11.3 Å². The fourth-order valence-electron chi connectivity index (χ4n) is 2.68. The number of rotatable bonds is 5. The second-order valence-electron chi connectivity index (χ2n) is 5.69. The molecule has 3 aromatic rings. The van der Waals surface area contributed by atoms with E-state index < -0.39 is 6.10 Å². The summed E-state index contributed by atoms with van der Waals surface area (Å²) in [5.74, 6) is 1.36. The third kappa shape index (κ3) is 3.29. The fourth-order valence-corrected chi connectivity index (χ4v) is 3.36. The van der Waals surface area contributed by atoms with Crippen molar-refractivity contribution in [2.24, 2.45) is 0 Å². The van der Waals surface area contributed by atoms with E-state index in [1.54, 1.807) is 34.2 Å². The Kier molecular flexibility index (Phi) is 4.59. The summed E-state index contributed by atoms with van der Waals surface area (Å²) in [5.41, 5.74) is 0.745. The van der Waals surface area contributed by atoms with E-state index in [9.17, 15) is 9.90 Å². The molecule has 0 fully saturated rings. The SMILES string of the molecule is O=C(Nc1cc(-c2cccs2)nn1CCO)[C@H]1COc2ccccc2O1. The lowest BCUT2D eigenvalue weighted by Gasteiger charge is -2.25. The highest BCUT2D eigenvalue weighted by Gasteiger charge is 2.28. The molecule has 8 heteroatoms. The van der Waals surface area contributed by atoms with Gasteiger partial charge in [0.25, 0.3) is 5.91 Å². The first-order valence-electron chi connectivity index (χ1n) is 8.16. The van der Waals surface area contributed by atoms with Gasteiger partial charge in [0, 0.05) is 6.07 Å². The summed E-state index contributed by atoms with van der Waals surface area (Å²) < 4.78 is 12.9. The van der Waals surface area contributed by atoms with Gasteiger partial charge >= 0.3 is 0 Å². The van der Waals surface area contributed by atoms with Crippen molar-refractivity contribution in [2.75, 3.05) is 18.5 Å². The van der Waals surface area contributed by atoms with Gasteiger partial charge in [-0.25, -0.2) is 4.68 Å². The molecule has 134 valence electrons. The number of aromatic nitrogens is 2. The molecule has 3 heterocycles. The van der Waals surface area contributed by atoms with E-state index in [0.29, 0.717) is 17.3 Å². The minimum atomic E-state index is -0.757. The number of amides is 1. The lowest BCUT2D eigenvalue weighted by atomic mass is 10.2. The number of thiophene rings is 1. The van der Waals surface area contributed by atoms with Crippen molar-refractivity contribution in [1.82, 2.24) is 9.78 Å². The number of carbonyl (C=O) groups is 1. The lowest BCUT2D eigenvalue weighted by Crippen LogP contribution is -2.40. The molecule has 1 aliphatic rings. The Hall–Kier alpha value is -2.84. The maximum absolute atomic E-state index is 12.6. The third-order valence-corrected chi connectivity index (χ3v) is 4.81. The van der Waals surface area contributed by atoms with Crippen LogP contribution in [0.15, 0.2) is 47.8 Å². The molecule has 1 amide bonds. The van der Waals surface area contributed by atoms with Crippen LogP contribution in [0.1, 0.15) is 0 Å². The molecule has 0 saturated heterocycles. The number of benzene rings is 1. The van der Waals surface area contributed by atoms with Gasteiger partial charge in [-0.1, -0.05) is 18.2 Å². The highest BCUT2D eigenvalue weighted by atomic mass is 32.1. The first-order valence-corrected chi connectivity index (χ1v) is 9.04. The molecule has 0 bridgehead atoms. The number of aliphatic hydroxyl groups is 1. The predicted molar refractivity (Wildman–Crippen MR) is 97.6 cm³/mol. The molecule has 1 aliphatic heterocycles. The minimum Gasteiger partial charge on any atom is -0.485 e. The Morgan fingerprint density at radius 1 is 1.31 bits per heavy atom. The summed E-state index contributed by atoms with van der Waals surface area (Å²) in [7, 11) is 0. The number of hydrogen-bond acceptors (Lipinski definition) is 6. The normalized spacial score (nSPS) is 15.7. The summed E-state index contributed by atoms with van der Waals surface area (Å²) in [6.45, 7) is 0.339. The molecule has 1 aromatic carbocycles. The van der Waals surface area contributed by atoms with Crippen molar-refractivity contribution >= 4 is 23.1 Å². The van der Waals surface area contributed by atoms with E-state index in [4.69, 9.17) is 9.47 Å². The number of para-hydroxylation sites is 2. The van der Waals surface area contributed by atoms with Gasteiger partial charge in [0.15, 0.2) is 11.5 Å². The number of nitrogens with one attached hydrogen (secondary N) is 1. The van der Waals surface area contributed by atoms with Gasteiger partial charge in [0.2, 0.25) is 6.10 Å². The third-order valence-electron chi connectivity index (χ3n) is 3.92. The number of hydrogen-bond donors (Lipinski definition) is 2. The van der Waals surface area contributed by atoms with Gasteiger partial charge in [0.05, 0.1) is 18.0 Å². The van der Waals surface area contributed by atoms with Crippen LogP contribution in [0.25, 0.3) is 10.6 Å². The van der Waals surface area contributed by atoms with Gasteiger partial charge in [-0.2, -0.15) is 5.10 Å². The first-order chi connectivity index (χ1) is 12.7. The molecule has 2 aromatic heterocycles. The molecule has 2 N–H and O–H groups in total. The van der Waals surface area contributed by atoms with Crippen molar-refractivity contribution in [3.63, 3.8) is 0 Å². The number of anilines is 1.